The fraction of sp³-hybridized carbons (Fsp3) is 0.241. The molecule has 0 radical (unpaired) electrons. The van der Waals surface area contributed by atoms with E-state index in [1.54, 1.807) is 7.11 Å². The summed E-state index contributed by atoms with van der Waals surface area (Å²) in [5.74, 6) is 0.814. The SMILES string of the molecule is COc1ccc(N2C(=S)N[C@H](c3ccccn3)[C@@H]2c2cc(C)n(-c3ccc(N(C)C)cc3)c2C)cc1. The van der Waals surface area contributed by atoms with Crippen LogP contribution in [0.25, 0.3) is 5.69 Å². The third kappa shape index (κ3) is 4.20. The molecule has 0 amide bonds. The molecule has 0 aliphatic carbocycles. The Kier molecular flexibility index (Phi) is 6.41. The van der Waals surface area contributed by atoms with Gasteiger partial charge in [-0.1, -0.05) is 6.07 Å². The number of nitrogens with one attached hydrogen (secondary N) is 1. The largest absolute Gasteiger partial charge is 0.497 e. The maximum Gasteiger partial charge on any atom is 0.174 e. The Labute approximate surface area is 218 Å². The minimum Gasteiger partial charge on any atom is -0.497 e. The Bertz CT molecular complexity index is 1360. The number of nitrogens with zero attached hydrogens (tertiary/aromatic N) is 4. The van der Waals surface area contributed by atoms with Crippen molar-refractivity contribution in [2.75, 3.05) is 31.0 Å². The minimum atomic E-state index is -0.0918. The average Bonchev–Trinajstić information content (AvgIpc) is 3.39. The van der Waals surface area contributed by atoms with E-state index in [-0.39, 0.29) is 12.1 Å². The lowest BCUT2D eigenvalue weighted by Gasteiger charge is -2.28. The number of anilines is 2. The third-order valence-corrected chi connectivity index (χ3v) is 7.18. The number of methoxy groups -OCH3 is 1. The van der Waals surface area contributed by atoms with Gasteiger partial charge in [0.2, 0.25) is 0 Å². The number of aromatic nitrogens is 2. The zero-order valence-electron chi connectivity index (χ0n) is 21.3. The molecule has 4 aromatic rings. The van der Waals surface area contributed by atoms with Crippen LogP contribution >= 0.6 is 12.2 Å². The van der Waals surface area contributed by atoms with Crippen molar-refractivity contribution in [1.82, 2.24) is 14.9 Å². The van der Waals surface area contributed by atoms with Crippen molar-refractivity contribution in [2.24, 2.45) is 0 Å². The van der Waals surface area contributed by atoms with Crippen molar-refractivity contribution < 1.29 is 4.74 Å². The highest BCUT2D eigenvalue weighted by atomic mass is 32.1. The zero-order valence-corrected chi connectivity index (χ0v) is 22.1. The van der Waals surface area contributed by atoms with Gasteiger partial charge in [-0.25, -0.2) is 0 Å². The molecule has 0 unspecified atom stereocenters. The molecule has 3 heterocycles. The van der Waals surface area contributed by atoms with Crippen molar-refractivity contribution in [3.05, 3.63) is 102 Å². The van der Waals surface area contributed by atoms with Gasteiger partial charge in [0.15, 0.2) is 5.11 Å². The van der Waals surface area contributed by atoms with Crippen molar-refractivity contribution >= 4 is 28.7 Å². The van der Waals surface area contributed by atoms with Gasteiger partial charge in [0.05, 0.1) is 24.9 Å². The maximum absolute atomic E-state index is 5.90. The number of benzene rings is 2. The van der Waals surface area contributed by atoms with E-state index in [4.69, 9.17) is 17.0 Å². The molecule has 2 aromatic carbocycles. The molecule has 1 N–H and O–H groups in total. The van der Waals surface area contributed by atoms with Gasteiger partial charge in [-0.05, 0) is 98.4 Å². The molecule has 2 aromatic heterocycles. The fourth-order valence-corrected chi connectivity index (χ4v) is 5.42. The molecule has 0 spiro atoms. The van der Waals surface area contributed by atoms with Crippen molar-refractivity contribution in [1.29, 1.82) is 0 Å². The first-order valence-electron chi connectivity index (χ1n) is 12.0. The topological polar surface area (TPSA) is 45.6 Å². The molecular weight excluding hydrogens is 466 g/mol. The van der Waals surface area contributed by atoms with Gasteiger partial charge < -0.3 is 24.4 Å². The van der Waals surface area contributed by atoms with Crippen molar-refractivity contribution in [3.8, 4) is 11.4 Å². The molecule has 184 valence electrons. The van der Waals surface area contributed by atoms with Crippen LogP contribution < -0.4 is 19.9 Å². The predicted molar refractivity (Wildman–Crippen MR) is 150 cm³/mol. The van der Waals surface area contributed by atoms with Crippen LogP contribution in [-0.4, -0.2) is 35.9 Å². The molecule has 1 aliphatic rings. The van der Waals surface area contributed by atoms with E-state index < -0.39 is 0 Å². The van der Waals surface area contributed by atoms with Gasteiger partial charge in [-0.2, -0.15) is 0 Å². The number of aryl methyl sites for hydroxylation is 1. The molecule has 6 nitrogen and oxygen atoms in total. The van der Waals surface area contributed by atoms with E-state index in [0.717, 1.165) is 22.8 Å². The maximum atomic E-state index is 5.90. The standard InChI is InChI=1S/C29H31N5OS/c1-19-18-25(20(2)33(19)22-11-9-21(10-12-22)32(3)4)28-27(26-8-6-7-17-30-26)31-29(36)34(28)23-13-15-24(35-5)16-14-23/h6-18,27-28H,1-5H3,(H,31,36)/t27-,28+/m1/s1. The van der Waals surface area contributed by atoms with Crippen LogP contribution in [0.3, 0.4) is 0 Å². The Morgan fingerprint density at radius 1 is 0.944 bits per heavy atom. The molecule has 2 atom stereocenters. The molecule has 0 saturated carbocycles. The number of thiocarbonyl (C=S) groups is 1. The van der Waals surface area contributed by atoms with Crippen LogP contribution in [0.2, 0.25) is 0 Å². The first-order chi connectivity index (χ1) is 17.4. The Balaban J connectivity index is 1.63. The molecule has 1 saturated heterocycles. The Hall–Kier alpha value is -3.84. The molecule has 36 heavy (non-hydrogen) atoms. The van der Waals surface area contributed by atoms with E-state index in [1.165, 1.54) is 22.6 Å². The quantitative estimate of drug-likeness (QED) is 0.343. The normalized spacial score (nSPS) is 17.2. The summed E-state index contributed by atoms with van der Waals surface area (Å²) < 4.78 is 7.70. The summed E-state index contributed by atoms with van der Waals surface area (Å²) in [6.07, 6.45) is 1.84. The highest BCUT2D eigenvalue weighted by Crippen LogP contribution is 2.44. The van der Waals surface area contributed by atoms with Crippen LogP contribution in [0.5, 0.6) is 5.75 Å². The van der Waals surface area contributed by atoms with Crippen LogP contribution in [-0.2, 0) is 0 Å². The number of pyridine rings is 1. The smallest absolute Gasteiger partial charge is 0.174 e. The monoisotopic (exact) mass is 497 g/mol. The highest BCUT2D eigenvalue weighted by molar-refractivity contribution is 7.80. The lowest BCUT2D eigenvalue weighted by molar-refractivity contribution is 0.415. The van der Waals surface area contributed by atoms with Crippen LogP contribution in [0.1, 0.15) is 34.7 Å². The second-order valence-electron chi connectivity index (χ2n) is 9.27. The van der Waals surface area contributed by atoms with E-state index in [2.05, 4.69) is 101 Å². The van der Waals surface area contributed by atoms with Gasteiger partial charge in [0, 0.05) is 48.7 Å². The number of hydrogen-bond donors (Lipinski definition) is 1. The molecule has 7 heteroatoms. The summed E-state index contributed by atoms with van der Waals surface area (Å²) in [4.78, 5) is 9.00. The average molecular weight is 498 g/mol. The van der Waals surface area contributed by atoms with Crippen LogP contribution in [0.4, 0.5) is 11.4 Å². The van der Waals surface area contributed by atoms with Gasteiger partial charge in [-0.15, -0.1) is 0 Å². The van der Waals surface area contributed by atoms with E-state index in [1.807, 2.05) is 30.5 Å². The first kappa shape index (κ1) is 23.9. The summed E-state index contributed by atoms with van der Waals surface area (Å²) in [5.41, 5.74) is 7.85. The van der Waals surface area contributed by atoms with Gasteiger partial charge >= 0.3 is 0 Å². The zero-order chi connectivity index (χ0) is 25.4. The van der Waals surface area contributed by atoms with E-state index in [0.29, 0.717) is 5.11 Å². The summed E-state index contributed by atoms with van der Waals surface area (Å²) in [6, 6.07) is 24.9. The van der Waals surface area contributed by atoms with Gasteiger partial charge in [0.25, 0.3) is 0 Å². The minimum absolute atomic E-state index is 0.0678. The predicted octanol–water partition coefficient (Wildman–Crippen LogP) is 5.74. The fourth-order valence-electron chi connectivity index (χ4n) is 5.08. The van der Waals surface area contributed by atoms with E-state index >= 15 is 0 Å². The Morgan fingerprint density at radius 2 is 1.64 bits per heavy atom. The van der Waals surface area contributed by atoms with Gasteiger partial charge in [0.1, 0.15) is 5.75 Å². The lowest BCUT2D eigenvalue weighted by Crippen LogP contribution is -2.29. The second kappa shape index (κ2) is 9.66. The molecule has 5 rings (SSSR count). The van der Waals surface area contributed by atoms with Crippen molar-refractivity contribution in [2.45, 2.75) is 25.9 Å². The lowest BCUT2D eigenvalue weighted by atomic mass is 9.96. The third-order valence-electron chi connectivity index (χ3n) is 6.86. The molecule has 1 aliphatic heterocycles. The summed E-state index contributed by atoms with van der Waals surface area (Å²) >= 11 is 5.90. The first-order valence-corrected chi connectivity index (χ1v) is 12.4. The van der Waals surface area contributed by atoms with Crippen LogP contribution in [0.15, 0.2) is 79.0 Å². The highest BCUT2D eigenvalue weighted by Gasteiger charge is 2.42. The van der Waals surface area contributed by atoms with Crippen LogP contribution in [0, 0.1) is 13.8 Å². The molecule has 0 bridgehead atoms. The molecular formula is C29H31N5OS. The van der Waals surface area contributed by atoms with E-state index in [9.17, 15) is 0 Å². The van der Waals surface area contributed by atoms with Crippen molar-refractivity contribution in [3.63, 3.8) is 0 Å². The number of rotatable bonds is 6. The number of hydrogen-bond acceptors (Lipinski definition) is 4. The summed E-state index contributed by atoms with van der Waals surface area (Å²) in [7, 11) is 5.79. The Morgan fingerprint density at radius 3 is 2.25 bits per heavy atom. The number of ether oxygens (including phenoxy) is 1. The summed E-state index contributed by atoms with van der Waals surface area (Å²) in [5, 5.41) is 4.24. The second-order valence-corrected chi connectivity index (χ2v) is 9.65. The summed E-state index contributed by atoms with van der Waals surface area (Å²) in [6.45, 7) is 4.34. The van der Waals surface area contributed by atoms with Gasteiger partial charge in [-0.3, -0.25) is 4.98 Å². The molecule has 1 fully saturated rings.